The summed E-state index contributed by atoms with van der Waals surface area (Å²) in [6.07, 6.45) is 3.68. The molecule has 0 spiro atoms. The fourth-order valence-corrected chi connectivity index (χ4v) is 11.0. The van der Waals surface area contributed by atoms with Gasteiger partial charge in [0.15, 0.2) is 0 Å². The summed E-state index contributed by atoms with van der Waals surface area (Å²) in [4.78, 5) is 13.9. The first-order valence-corrected chi connectivity index (χ1v) is 20.8. The molecule has 1 aliphatic heterocycles. The maximum absolute atomic E-state index is 13.9. The minimum Gasteiger partial charge on any atom is -0.491 e. The Morgan fingerprint density at radius 1 is 0.863 bits per heavy atom. The summed E-state index contributed by atoms with van der Waals surface area (Å²) in [5.41, 5.74) is 7.51. The van der Waals surface area contributed by atoms with Gasteiger partial charge in [-0.25, -0.2) is 4.33 Å². The predicted molar refractivity (Wildman–Crippen MR) is 213 cm³/mol. The highest BCUT2D eigenvalue weighted by molar-refractivity contribution is 9.10. The summed E-state index contributed by atoms with van der Waals surface area (Å²) in [6, 6.07) is 39.2. The van der Waals surface area contributed by atoms with Crippen LogP contribution in [0.25, 0.3) is 0 Å². The fraction of sp³-hybridized carbons (Fsp3) is 0.139. The lowest BCUT2D eigenvalue weighted by Crippen LogP contribution is -2.52. The number of nitrogens with zero attached hydrogens (tertiary/aromatic N) is 7. The number of rotatable bonds is 8. The number of amidine groups is 1. The van der Waals surface area contributed by atoms with Crippen molar-refractivity contribution in [2.75, 3.05) is 12.5 Å². The molecule has 0 amide bonds. The standard InChI is InChI=1S/C36H35BrN9O2PS2/c1-25-32(47)45(35(50-3)40-38-25)42-34(43-46-33(48)26(2)39-41-36(46)51-4)44(24-27-20-22-28(37)23-21-27)49(29-14-8-5-9-15-29,30-16-10-6-11-17-30)31-18-12-7-13-19-31/h5-23H,24H2,1-4H3,(H2-,38,39,42,43,47,48)/p+1. The zero-order chi connectivity index (χ0) is 36.0. The normalized spacial score (nSPS) is 13.5. The maximum atomic E-state index is 13.9. The Morgan fingerprint density at radius 3 is 1.92 bits per heavy atom. The van der Waals surface area contributed by atoms with Crippen molar-refractivity contribution in [3.8, 4) is 0 Å². The topological polar surface area (TPSA) is 123 Å². The Balaban J connectivity index is 1.85. The molecule has 5 aromatic rings. The SMILES string of the molecule is CSC1=NNC(C)=C(O)N1N/C(=N\n1c(SC)nnc(C)c1=O)[N+](Cc1ccc(Br)cc1)=P(c1ccccc1)(c1ccccc1)c1ccccc1. The smallest absolute Gasteiger partial charge is 0.434 e. The van der Waals surface area contributed by atoms with Crippen LogP contribution in [0.5, 0.6) is 0 Å². The van der Waals surface area contributed by atoms with Gasteiger partial charge in [-0.15, -0.1) is 25.0 Å². The van der Waals surface area contributed by atoms with E-state index >= 15 is 0 Å². The van der Waals surface area contributed by atoms with E-state index in [1.54, 1.807) is 13.8 Å². The Kier molecular flexibility index (Phi) is 11.5. The van der Waals surface area contributed by atoms with Gasteiger partial charge in [-0.1, -0.05) is 143 Å². The number of hydrogen-bond donors (Lipinski definition) is 3. The lowest BCUT2D eigenvalue weighted by molar-refractivity contribution is -0.410. The molecule has 6 rings (SSSR count). The van der Waals surface area contributed by atoms with Gasteiger partial charge in [0.25, 0.3) is 0 Å². The van der Waals surface area contributed by atoms with Crippen LogP contribution in [0, 0.1) is 6.92 Å². The lowest BCUT2D eigenvalue weighted by atomic mass is 10.2. The maximum Gasteiger partial charge on any atom is 0.434 e. The first kappa shape index (κ1) is 36.2. The van der Waals surface area contributed by atoms with Gasteiger partial charge in [-0.05, 0) is 44.1 Å². The van der Waals surface area contributed by atoms with Crippen molar-refractivity contribution >= 4 is 73.5 Å². The van der Waals surface area contributed by atoms with Crippen molar-refractivity contribution in [3.63, 3.8) is 0 Å². The Bertz CT molecular complexity index is 2130. The van der Waals surface area contributed by atoms with E-state index in [0.717, 1.165) is 25.9 Å². The van der Waals surface area contributed by atoms with Crippen LogP contribution in [-0.2, 0) is 6.54 Å². The number of nitrogens with one attached hydrogen (secondary N) is 2. The summed E-state index contributed by atoms with van der Waals surface area (Å²) >= 11 is 6.18. The van der Waals surface area contributed by atoms with Crippen LogP contribution in [0.15, 0.2) is 151 Å². The molecule has 3 N–H and O–H groups in total. The summed E-state index contributed by atoms with van der Waals surface area (Å²) in [7, 11) is -2.93. The van der Waals surface area contributed by atoms with Crippen LogP contribution < -0.4 is 32.3 Å². The molecule has 0 aliphatic carbocycles. The fourth-order valence-electron chi connectivity index (χ4n) is 5.59. The van der Waals surface area contributed by atoms with Gasteiger partial charge in [0.2, 0.25) is 16.2 Å². The zero-order valence-corrected chi connectivity index (χ0v) is 32.4. The van der Waals surface area contributed by atoms with Crippen LogP contribution in [0.1, 0.15) is 18.2 Å². The van der Waals surface area contributed by atoms with Crippen molar-refractivity contribution in [3.05, 3.63) is 153 Å². The van der Waals surface area contributed by atoms with E-state index < -0.39 is 12.6 Å². The zero-order valence-electron chi connectivity index (χ0n) is 28.3. The number of hydrazone groups is 1. The molecule has 15 heteroatoms. The Labute approximate surface area is 313 Å². The number of aryl methyl sites for hydroxylation is 1. The van der Waals surface area contributed by atoms with E-state index in [9.17, 15) is 9.90 Å². The number of guanidine groups is 1. The van der Waals surface area contributed by atoms with Gasteiger partial charge in [0.1, 0.15) is 5.69 Å². The predicted octanol–water partition coefficient (Wildman–Crippen LogP) is 5.73. The van der Waals surface area contributed by atoms with Gasteiger partial charge in [0, 0.05) is 25.5 Å². The van der Waals surface area contributed by atoms with E-state index in [1.165, 1.54) is 33.2 Å². The van der Waals surface area contributed by atoms with Crippen LogP contribution in [-0.4, -0.2) is 53.0 Å². The number of hydrazine groups is 1. The van der Waals surface area contributed by atoms with Crippen LogP contribution in [0.2, 0.25) is 0 Å². The third kappa shape index (κ3) is 7.41. The summed E-state index contributed by atoms with van der Waals surface area (Å²) in [5, 5.41) is 34.9. The second kappa shape index (κ2) is 16.2. The average Bonchev–Trinajstić information content (AvgIpc) is 3.17. The number of aliphatic hydroxyl groups is 1. The van der Waals surface area contributed by atoms with Crippen LogP contribution in [0.3, 0.4) is 0 Å². The molecule has 0 saturated carbocycles. The van der Waals surface area contributed by atoms with E-state index in [0.29, 0.717) is 22.6 Å². The first-order valence-electron chi connectivity index (χ1n) is 15.8. The number of thioether (sulfide) groups is 2. The van der Waals surface area contributed by atoms with Gasteiger partial charge in [0.05, 0.1) is 19.3 Å². The quantitative estimate of drug-likeness (QED) is 0.0782. The van der Waals surface area contributed by atoms with Crippen molar-refractivity contribution in [1.29, 1.82) is 0 Å². The monoisotopic (exact) mass is 800 g/mol. The summed E-state index contributed by atoms with van der Waals surface area (Å²) in [6.45, 7) is 3.68. The lowest BCUT2D eigenvalue weighted by Gasteiger charge is -2.32. The molecular weight excluding hydrogens is 765 g/mol. The molecule has 0 saturated heterocycles. The molecule has 2 heterocycles. The number of halogens is 1. The molecular formula is C36H36BrN9O2PS2+. The van der Waals surface area contributed by atoms with E-state index in [4.69, 9.17) is 5.10 Å². The number of benzene rings is 4. The largest absolute Gasteiger partial charge is 0.491 e. The summed E-state index contributed by atoms with van der Waals surface area (Å²) in [5.74, 6) is 0.158. The minimum absolute atomic E-state index is 0.102. The van der Waals surface area contributed by atoms with Gasteiger partial charge in [-0.3, -0.25) is 10.2 Å². The average molecular weight is 802 g/mol. The molecule has 1 aromatic heterocycles. The second-order valence-corrected chi connectivity index (χ2v) is 17.0. The third-order valence-corrected chi connectivity index (χ3v) is 14.0. The van der Waals surface area contributed by atoms with Gasteiger partial charge < -0.3 is 5.11 Å². The highest BCUT2D eigenvalue weighted by atomic mass is 79.9. The Morgan fingerprint density at radius 2 is 1.41 bits per heavy atom. The molecule has 0 atom stereocenters. The van der Waals surface area contributed by atoms with E-state index in [2.05, 4.69) is 94.9 Å². The third-order valence-electron chi connectivity index (χ3n) is 8.04. The molecule has 260 valence electrons. The highest BCUT2D eigenvalue weighted by Crippen LogP contribution is 2.46. The first-order chi connectivity index (χ1) is 24.8. The summed E-state index contributed by atoms with van der Waals surface area (Å²) < 4.78 is 4.44. The van der Waals surface area contributed by atoms with Crippen molar-refractivity contribution < 1.29 is 9.43 Å². The number of hydrogen-bond acceptors (Lipinski definition) is 10. The van der Waals surface area contributed by atoms with E-state index in [-0.39, 0.29) is 17.5 Å². The highest BCUT2D eigenvalue weighted by Gasteiger charge is 2.39. The number of aliphatic hydroxyl groups excluding tert-OH is 1. The number of aromatic nitrogens is 3. The van der Waals surface area contributed by atoms with E-state index in [1.807, 2.05) is 79.2 Å². The second-order valence-electron chi connectivity index (χ2n) is 11.2. The van der Waals surface area contributed by atoms with Gasteiger partial charge in [-0.2, -0.15) is 5.43 Å². The molecule has 0 fully saturated rings. The Hall–Kier alpha value is -4.62. The van der Waals surface area contributed by atoms with Crippen molar-refractivity contribution in [2.45, 2.75) is 25.5 Å². The molecule has 0 bridgehead atoms. The molecule has 1 aliphatic rings. The molecule has 51 heavy (non-hydrogen) atoms. The minimum atomic E-state index is -2.93. The molecule has 4 aromatic carbocycles. The number of allylic oxidation sites excluding steroid dienone is 1. The van der Waals surface area contributed by atoms with Crippen molar-refractivity contribution in [2.24, 2.45) is 10.2 Å². The molecule has 0 radical (unpaired) electrons. The van der Waals surface area contributed by atoms with Crippen LogP contribution >= 0.6 is 46.5 Å². The van der Waals surface area contributed by atoms with Crippen molar-refractivity contribution in [1.82, 2.24) is 30.7 Å². The van der Waals surface area contributed by atoms with Crippen LogP contribution in [0.4, 0.5) is 0 Å². The molecule has 11 nitrogen and oxygen atoms in total. The molecule has 0 unspecified atom stereocenters. The van der Waals surface area contributed by atoms with Gasteiger partial charge >= 0.3 is 11.5 Å².